The Kier molecular flexibility index (Phi) is 5.23. The van der Waals surface area contributed by atoms with Crippen LogP contribution in [0.4, 0.5) is 5.69 Å². The number of benzene rings is 3. The van der Waals surface area contributed by atoms with Crippen molar-refractivity contribution in [3.8, 4) is 17.2 Å². The number of halogens is 1. The molecule has 1 amide bonds. The lowest BCUT2D eigenvalue weighted by Crippen LogP contribution is -2.30. The highest BCUT2D eigenvalue weighted by molar-refractivity contribution is 6.32. The molecule has 1 heterocycles. The van der Waals surface area contributed by atoms with Crippen molar-refractivity contribution in [3.63, 3.8) is 0 Å². The van der Waals surface area contributed by atoms with Crippen LogP contribution >= 0.6 is 11.6 Å². The second-order valence-electron chi connectivity index (χ2n) is 6.70. The summed E-state index contributed by atoms with van der Waals surface area (Å²) in [5.74, 6) is 0.734. The zero-order valence-electron chi connectivity index (χ0n) is 16.0. The van der Waals surface area contributed by atoms with Crippen LogP contribution in [-0.2, 0) is 4.79 Å². The fraction of sp³-hybridized carbons (Fsp3) is 0.130. The largest absolute Gasteiger partial charge is 0.479 e. The summed E-state index contributed by atoms with van der Waals surface area (Å²) in [7, 11) is 0. The molecule has 3 aromatic carbocycles. The highest BCUT2D eigenvalue weighted by Gasteiger charge is 2.17. The maximum atomic E-state index is 12.6. The molecule has 6 heteroatoms. The summed E-state index contributed by atoms with van der Waals surface area (Å²) in [5.41, 5.74) is 3.71. The van der Waals surface area contributed by atoms with Gasteiger partial charge in [-0.2, -0.15) is 0 Å². The van der Waals surface area contributed by atoms with Crippen molar-refractivity contribution in [2.45, 2.75) is 20.0 Å². The zero-order chi connectivity index (χ0) is 20.4. The van der Waals surface area contributed by atoms with E-state index in [-0.39, 0.29) is 5.91 Å². The Bertz CT molecular complexity index is 1170. The minimum absolute atomic E-state index is 0.284. The van der Waals surface area contributed by atoms with Crippen LogP contribution in [0.3, 0.4) is 0 Å². The van der Waals surface area contributed by atoms with Gasteiger partial charge in [-0.15, -0.1) is 0 Å². The number of amides is 1. The molecular formula is C23H19ClN2O3. The third kappa shape index (κ3) is 4.10. The normalized spacial score (nSPS) is 12.0. The van der Waals surface area contributed by atoms with Gasteiger partial charge in [0.1, 0.15) is 11.3 Å². The number of ether oxygens (including phenoxy) is 1. The van der Waals surface area contributed by atoms with E-state index in [1.165, 1.54) is 0 Å². The molecule has 0 aliphatic rings. The molecule has 0 spiro atoms. The fourth-order valence-electron chi connectivity index (χ4n) is 2.91. The molecule has 1 aromatic heterocycles. The van der Waals surface area contributed by atoms with Crippen LogP contribution in [0.15, 0.2) is 71.1 Å². The first-order valence-corrected chi connectivity index (χ1v) is 9.58. The Morgan fingerprint density at radius 1 is 1.10 bits per heavy atom. The number of hydrogen-bond acceptors (Lipinski definition) is 4. The molecule has 5 nitrogen and oxygen atoms in total. The van der Waals surface area contributed by atoms with Gasteiger partial charge in [0.15, 0.2) is 11.7 Å². The summed E-state index contributed by atoms with van der Waals surface area (Å²) in [6.45, 7) is 3.56. The average molecular weight is 407 g/mol. The Labute approximate surface area is 173 Å². The molecule has 1 N–H and O–H groups in total. The molecule has 29 heavy (non-hydrogen) atoms. The second-order valence-corrected chi connectivity index (χ2v) is 7.08. The van der Waals surface area contributed by atoms with Crippen LogP contribution in [0.25, 0.3) is 22.6 Å². The van der Waals surface area contributed by atoms with Crippen molar-refractivity contribution in [3.05, 3.63) is 77.3 Å². The van der Waals surface area contributed by atoms with E-state index in [2.05, 4.69) is 10.3 Å². The molecule has 4 rings (SSSR count). The summed E-state index contributed by atoms with van der Waals surface area (Å²) >= 11 is 6.24. The number of nitrogens with zero attached hydrogens (tertiary/aromatic N) is 1. The summed E-state index contributed by atoms with van der Waals surface area (Å²) in [4.78, 5) is 17.1. The first-order valence-electron chi connectivity index (χ1n) is 9.20. The Balaban J connectivity index is 1.49. The fourth-order valence-corrected chi connectivity index (χ4v) is 3.08. The first kappa shape index (κ1) is 19.0. The number of carbonyl (C=O) groups excluding carboxylic acids is 1. The summed E-state index contributed by atoms with van der Waals surface area (Å²) < 4.78 is 11.5. The molecule has 0 aliphatic carbocycles. The number of oxazole rings is 1. The van der Waals surface area contributed by atoms with E-state index in [4.69, 9.17) is 20.8 Å². The lowest BCUT2D eigenvalue weighted by molar-refractivity contribution is -0.122. The maximum Gasteiger partial charge on any atom is 0.265 e. The van der Waals surface area contributed by atoms with Gasteiger partial charge >= 0.3 is 0 Å². The van der Waals surface area contributed by atoms with Gasteiger partial charge in [0.25, 0.3) is 5.91 Å². The molecule has 4 aromatic rings. The monoisotopic (exact) mass is 406 g/mol. The van der Waals surface area contributed by atoms with E-state index in [0.717, 1.165) is 11.1 Å². The van der Waals surface area contributed by atoms with Gasteiger partial charge in [-0.05, 0) is 55.8 Å². The van der Waals surface area contributed by atoms with E-state index in [1.807, 2.05) is 49.4 Å². The van der Waals surface area contributed by atoms with Gasteiger partial charge in [-0.3, -0.25) is 4.79 Å². The summed E-state index contributed by atoms with van der Waals surface area (Å²) in [6, 6.07) is 20.5. The third-order valence-electron chi connectivity index (χ3n) is 4.51. The van der Waals surface area contributed by atoms with Crippen molar-refractivity contribution < 1.29 is 13.9 Å². The molecule has 0 aliphatic heterocycles. The predicted octanol–water partition coefficient (Wildman–Crippen LogP) is 5.86. The van der Waals surface area contributed by atoms with Crippen LogP contribution < -0.4 is 10.1 Å². The number of fused-ring (bicyclic) bond motifs is 1. The van der Waals surface area contributed by atoms with Gasteiger partial charge in [0.05, 0.1) is 5.02 Å². The zero-order valence-corrected chi connectivity index (χ0v) is 16.7. The standard InChI is InChI=1S/C23H19ClN2O3/c1-14-7-6-10-20(21(14)24)28-15(2)22(27)25-17-11-12-19-18(13-17)26-23(29-19)16-8-4-3-5-9-16/h3-13,15H,1-2H3,(H,25,27)/t15-/m0/s1. The number of carbonyl (C=O) groups is 1. The molecule has 0 saturated carbocycles. The molecule has 0 fully saturated rings. The lowest BCUT2D eigenvalue weighted by atomic mass is 10.2. The highest BCUT2D eigenvalue weighted by Crippen LogP contribution is 2.29. The lowest BCUT2D eigenvalue weighted by Gasteiger charge is -2.16. The second kappa shape index (κ2) is 7.97. The SMILES string of the molecule is Cc1cccc(O[C@@H](C)C(=O)Nc2ccc3oc(-c4ccccc4)nc3c2)c1Cl. The van der Waals surface area contributed by atoms with Gasteiger partial charge in [0, 0.05) is 11.3 Å². The molecule has 146 valence electrons. The maximum absolute atomic E-state index is 12.6. The van der Waals surface area contributed by atoms with Gasteiger partial charge in [-0.25, -0.2) is 4.98 Å². The number of aromatic nitrogens is 1. The van der Waals surface area contributed by atoms with Crippen LogP contribution in [0.1, 0.15) is 12.5 Å². The van der Waals surface area contributed by atoms with Gasteiger partial charge in [0.2, 0.25) is 5.89 Å². The Morgan fingerprint density at radius 3 is 2.69 bits per heavy atom. The van der Waals surface area contributed by atoms with Gasteiger partial charge in [-0.1, -0.05) is 41.9 Å². The summed E-state index contributed by atoms with van der Waals surface area (Å²) in [5, 5.41) is 3.35. The van der Waals surface area contributed by atoms with E-state index >= 15 is 0 Å². The van der Waals surface area contributed by atoms with Crippen LogP contribution in [-0.4, -0.2) is 17.0 Å². The van der Waals surface area contributed by atoms with Crippen molar-refractivity contribution in [2.75, 3.05) is 5.32 Å². The molecule has 0 unspecified atom stereocenters. The van der Waals surface area contributed by atoms with E-state index < -0.39 is 6.10 Å². The minimum atomic E-state index is -0.720. The average Bonchev–Trinajstić information content (AvgIpc) is 3.15. The van der Waals surface area contributed by atoms with Crippen molar-refractivity contribution in [1.82, 2.24) is 4.98 Å². The minimum Gasteiger partial charge on any atom is -0.479 e. The van der Waals surface area contributed by atoms with E-state index in [0.29, 0.717) is 33.4 Å². The van der Waals surface area contributed by atoms with E-state index in [9.17, 15) is 4.79 Å². The predicted molar refractivity (Wildman–Crippen MR) is 114 cm³/mol. The van der Waals surface area contributed by atoms with Crippen molar-refractivity contribution in [2.24, 2.45) is 0 Å². The topological polar surface area (TPSA) is 64.4 Å². The quantitative estimate of drug-likeness (QED) is 0.450. The van der Waals surface area contributed by atoms with Crippen LogP contribution in [0, 0.1) is 6.92 Å². The summed E-state index contributed by atoms with van der Waals surface area (Å²) in [6.07, 6.45) is -0.720. The van der Waals surface area contributed by atoms with E-state index in [1.54, 1.807) is 31.2 Å². The van der Waals surface area contributed by atoms with Crippen molar-refractivity contribution >= 4 is 34.3 Å². The molecule has 1 atom stereocenters. The smallest absolute Gasteiger partial charge is 0.265 e. The molecule has 0 saturated heterocycles. The highest BCUT2D eigenvalue weighted by atomic mass is 35.5. The number of anilines is 1. The number of rotatable bonds is 5. The number of nitrogens with one attached hydrogen (secondary N) is 1. The first-order chi connectivity index (χ1) is 14.0. The molecular weight excluding hydrogens is 388 g/mol. The Morgan fingerprint density at radius 2 is 1.90 bits per heavy atom. The molecule has 0 bridgehead atoms. The number of aryl methyl sites for hydroxylation is 1. The van der Waals surface area contributed by atoms with Crippen LogP contribution in [0.2, 0.25) is 5.02 Å². The molecule has 0 radical (unpaired) electrons. The van der Waals surface area contributed by atoms with Crippen LogP contribution in [0.5, 0.6) is 5.75 Å². The van der Waals surface area contributed by atoms with Gasteiger partial charge < -0.3 is 14.5 Å². The third-order valence-corrected chi connectivity index (χ3v) is 4.99. The van der Waals surface area contributed by atoms with Crippen molar-refractivity contribution in [1.29, 1.82) is 0 Å². The Hall–Kier alpha value is -3.31. The number of hydrogen-bond donors (Lipinski definition) is 1.